The largest absolute Gasteiger partial charge is 0.204 e. The molecule has 0 fully saturated rings. The SMILES string of the molecule is Fc1cc2c(-c3ccccc3)c3ccccc3c(-c3c(F)c(F)cc(F)c3F)c2cc1F. The number of hydrogen-bond donors (Lipinski definition) is 0. The predicted octanol–water partition coefficient (Wildman–Crippen LogP) is 8.16. The van der Waals surface area contributed by atoms with Crippen LogP contribution in [0.3, 0.4) is 0 Å². The number of fused-ring (bicyclic) bond motifs is 2. The molecule has 5 aromatic rings. The van der Waals surface area contributed by atoms with Crippen LogP contribution < -0.4 is 0 Å². The first-order valence-corrected chi connectivity index (χ1v) is 9.60. The zero-order chi connectivity index (χ0) is 22.6. The Balaban J connectivity index is 2.09. The Morgan fingerprint density at radius 1 is 0.375 bits per heavy atom. The van der Waals surface area contributed by atoms with Crippen molar-refractivity contribution in [3.05, 3.63) is 108 Å². The number of rotatable bonds is 2. The number of hydrogen-bond acceptors (Lipinski definition) is 0. The molecule has 0 aromatic heterocycles. The highest BCUT2D eigenvalue weighted by atomic mass is 19.2. The van der Waals surface area contributed by atoms with Crippen LogP contribution in [-0.4, -0.2) is 0 Å². The molecule has 0 aliphatic carbocycles. The maximum absolute atomic E-state index is 14.8. The molecule has 0 unspecified atom stereocenters. The van der Waals surface area contributed by atoms with Gasteiger partial charge in [-0.05, 0) is 44.8 Å². The Hall–Kier alpha value is -3.80. The van der Waals surface area contributed by atoms with Gasteiger partial charge in [-0.15, -0.1) is 0 Å². The molecule has 0 saturated heterocycles. The summed E-state index contributed by atoms with van der Waals surface area (Å²) < 4.78 is 86.5. The molecule has 0 radical (unpaired) electrons. The molecule has 0 N–H and O–H groups in total. The first-order valence-electron chi connectivity index (χ1n) is 9.60. The quantitative estimate of drug-likeness (QED) is 0.148. The Morgan fingerprint density at radius 3 is 1.41 bits per heavy atom. The van der Waals surface area contributed by atoms with Gasteiger partial charge in [0.2, 0.25) is 0 Å². The van der Waals surface area contributed by atoms with Crippen molar-refractivity contribution in [1.29, 1.82) is 0 Å². The molecule has 158 valence electrons. The molecule has 0 spiro atoms. The van der Waals surface area contributed by atoms with Gasteiger partial charge in [-0.2, -0.15) is 0 Å². The van der Waals surface area contributed by atoms with Gasteiger partial charge in [0, 0.05) is 11.6 Å². The maximum atomic E-state index is 14.8. The molecule has 0 saturated carbocycles. The van der Waals surface area contributed by atoms with Crippen molar-refractivity contribution in [2.24, 2.45) is 0 Å². The van der Waals surface area contributed by atoms with Crippen molar-refractivity contribution < 1.29 is 26.3 Å². The Morgan fingerprint density at radius 2 is 0.844 bits per heavy atom. The van der Waals surface area contributed by atoms with Crippen LogP contribution in [0.2, 0.25) is 0 Å². The third-order valence-electron chi connectivity index (χ3n) is 5.49. The van der Waals surface area contributed by atoms with Crippen LogP contribution in [0.25, 0.3) is 43.8 Å². The van der Waals surface area contributed by atoms with Crippen molar-refractivity contribution in [2.75, 3.05) is 0 Å². The van der Waals surface area contributed by atoms with Crippen LogP contribution in [0.5, 0.6) is 0 Å². The second-order valence-corrected chi connectivity index (χ2v) is 7.32. The Bertz CT molecular complexity index is 1500. The third kappa shape index (κ3) is 2.94. The van der Waals surface area contributed by atoms with Crippen molar-refractivity contribution >= 4 is 21.5 Å². The fraction of sp³-hybridized carbons (Fsp3) is 0. The van der Waals surface area contributed by atoms with Crippen LogP contribution in [0.4, 0.5) is 26.3 Å². The average molecular weight is 438 g/mol. The van der Waals surface area contributed by atoms with E-state index in [0.717, 1.165) is 12.1 Å². The Kier molecular flexibility index (Phi) is 4.66. The van der Waals surface area contributed by atoms with E-state index in [1.54, 1.807) is 48.5 Å². The summed E-state index contributed by atoms with van der Waals surface area (Å²) in [6.45, 7) is 0. The molecule has 0 heterocycles. The van der Waals surface area contributed by atoms with E-state index in [-0.39, 0.29) is 27.8 Å². The minimum absolute atomic E-state index is 0.0794. The highest BCUT2D eigenvalue weighted by Gasteiger charge is 2.26. The van der Waals surface area contributed by atoms with Crippen LogP contribution >= 0.6 is 0 Å². The summed E-state index contributed by atoms with van der Waals surface area (Å²) in [5.74, 6) is -8.84. The minimum Gasteiger partial charge on any atom is -0.204 e. The number of halogens is 6. The molecule has 0 atom stereocenters. The summed E-state index contributed by atoms with van der Waals surface area (Å²) in [5, 5.41) is 0.750. The van der Waals surface area contributed by atoms with Gasteiger partial charge in [0.1, 0.15) is 0 Å². The molecule has 5 rings (SSSR count). The molecule has 0 aliphatic heterocycles. The fourth-order valence-electron chi connectivity index (χ4n) is 4.15. The van der Waals surface area contributed by atoms with Crippen molar-refractivity contribution in [1.82, 2.24) is 0 Å². The zero-order valence-corrected chi connectivity index (χ0v) is 16.2. The standard InChI is InChI=1S/C26H12F6/c27-18-10-16-17(11-19(18)28)23(24-25(31)20(29)12-21(30)26(24)32)15-9-5-4-8-14(15)22(16)13-6-2-1-3-7-13/h1-12H. The van der Waals surface area contributed by atoms with E-state index in [4.69, 9.17) is 0 Å². The molecule has 0 bridgehead atoms. The van der Waals surface area contributed by atoms with E-state index >= 15 is 0 Å². The summed E-state index contributed by atoms with van der Waals surface area (Å²) in [7, 11) is 0. The highest BCUT2D eigenvalue weighted by molar-refractivity contribution is 6.21. The molecule has 6 heteroatoms. The lowest BCUT2D eigenvalue weighted by atomic mass is 9.85. The molecule has 32 heavy (non-hydrogen) atoms. The van der Waals surface area contributed by atoms with E-state index in [9.17, 15) is 26.3 Å². The molecule has 0 aliphatic rings. The molecule has 5 aromatic carbocycles. The van der Waals surface area contributed by atoms with Gasteiger partial charge < -0.3 is 0 Å². The van der Waals surface area contributed by atoms with Gasteiger partial charge >= 0.3 is 0 Å². The van der Waals surface area contributed by atoms with E-state index in [2.05, 4.69) is 0 Å². The summed E-state index contributed by atoms with van der Waals surface area (Å²) in [5.41, 5.74) is -0.0916. The highest BCUT2D eigenvalue weighted by Crippen LogP contribution is 2.45. The van der Waals surface area contributed by atoms with Crippen molar-refractivity contribution in [2.45, 2.75) is 0 Å². The maximum Gasteiger partial charge on any atom is 0.169 e. The van der Waals surface area contributed by atoms with E-state index < -0.39 is 40.5 Å². The van der Waals surface area contributed by atoms with Crippen LogP contribution in [-0.2, 0) is 0 Å². The van der Waals surface area contributed by atoms with Crippen molar-refractivity contribution in [3.8, 4) is 22.3 Å². The average Bonchev–Trinajstić information content (AvgIpc) is 2.79. The van der Waals surface area contributed by atoms with Gasteiger partial charge in [0.15, 0.2) is 34.9 Å². The monoisotopic (exact) mass is 438 g/mol. The van der Waals surface area contributed by atoms with Crippen LogP contribution in [0, 0.1) is 34.9 Å². The van der Waals surface area contributed by atoms with Crippen LogP contribution in [0.1, 0.15) is 0 Å². The molecular weight excluding hydrogens is 426 g/mol. The topological polar surface area (TPSA) is 0 Å². The van der Waals surface area contributed by atoms with Gasteiger partial charge in [-0.1, -0.05) is 54.6 Å². The summed E-state index contributed by atoms with van der Waals surface area (Å²) in [6.07, 6.45) is 0. The van der Waals surface area contributed by atoms with E-state index in [1.165, 1.54) is 6.07 Å². The minimum atomic E-state index is -1.62. The molecular formula is C26H12F6. The van der Waals surface area contributed by atoms with E-state index in [1.807, 2.05) is 0 Å². The fourth-order valence-corrected chi connectivity index (χ4v) is 4.15. The normalized spacial score (nSPS) is 11.4. The third-order valence-corrected chi connectivity index (χ3v) is 5.49. The molecule has 0 amide bonds. The summed E-state index contributed by atoms with van der Waals surface area (Å²) in [4.78, 5) is 0. The second kappa shape index (κ2) is 7.41. The summed E-state index contributed by atoms with van der Waals surface area (Å²) >= 11 is 0. The lowest BCUT2D eigenvalue weighted by molar-refractivity contribution is 0.458. The lowest BCUT2D eigenvalue weighted by Crippen LogP contribution is -2.01. The lowest BCUT2D eigenvalue weighted by Gasteiger charge is -2.19. The Labute approximate surface area is 178 Å². The number of benzene rings is 5. The predicted molar refractivity (Wildman–Crippen MR) is 112 cm³/mol. The van der Waals surface area contributed by atoms with Gasteiger partial charge in [-0.3, -0.25) is 0 Å². The van der Waals surface area contributed by atoms with Gasteiger partial charge in [0.05, 0.1) is 5.56 Å². The van der Waals surface area contributed by atoms with E-state index in [0.29, 0.717) is 16.5 Å². The second-order valence-electron chi connectivity index (χ2n) is 7.32. The smallest absolute Gasteiger partial charge is 0.169 e. The van der Waals surface area contributed by atoms with Gasteiger partial charge in [-0.25, -0.2) is 26.3 Å². The van der Waals surface area contributed by atoms with Gasteiger partial charge in [0.25, 0.3) is 0 Å². The van der Waals surface area contributed by atoms with Crippen LogP contribution in [0.15, 0.2) is 72.8 Å². The summed E-state index contributed by atoms with van der Waals surface area (Å²) in [6, 6.07) is 17.0. The zero-order valence-electron chi connectivity index (χ0n) is 16.2. The first kappa shape index (κ1) is 20.1. The molecule has 0 nitrogen and oxygen atoms in total. The first-order chi connectivity index (χ1) is 15.4. The van der Waals surface area contributed by atoms with Crippen molar-refractivity contribution in [3.63, 3.8) is 0 Å².